The minimum atomic E-state index is -1.71. The van der Waals surface area contributed by atoms with Crippen LogP contribution in [0.4, 0.5) is 22.7 Å². The minimum absolute atomic E-state index is 0.0327. The lowest BCUT2D eigenvalue weighted by molar-refractivity contribution is -0.384. The summed E-state index contributed by atoms with van der Waals surface area (Å²) >= 11 is 7.98. The molecule has 0 bridgehead atoms. The van der Waals surface area contributed by atoms with Crippen molar-refractivity contribution in [2.75, 3.05) is 66.6 Å². The van der Waals surface area contributed by atoms with Gasteiger partial charge < -0.3 is 34.0 Å². The Morgan fingerprint density at radius 2 is 1.67 bits per heavy atom. The van der Waals surface area contributed by atoms with Crippen LogP contribution in [0.1, 0.15) is 35.0 Å². The van der Waals surface area contributed by atoms with E-state index in [-0.39, 0.29) is 11.6 Å². The summed E-state index contributed by atoms with van der Waals surface area (Å²) in [6.07, 6.45) is 3.00. The molecule has 1 aromatic heterocycles. The Hall–Kier alpha value is -5.70. The first-order chi connectivity index (χ1) is 29.5. The zero-order chi connectivity index (χ0) is 42.4. The van der Waals surface area contributed by atoms with Crippen molar-refractivity contribution in [2.24, 2.45) is 7.05 Å². The Kier molecular flexibility index (Phi) is 11.1. The summed E-state index contributed by atoms with van der Waals surface area (Å²) in [5.41, 5.74) is 8.25. The Morgan fingerprint density at radius 3 is 2.39 bits per heavy atom. The predicted octanol–water partition coefficient (Wildman–Crippen LogP) is 8.97. The molecule has 1 fully saturated rings. The topological polar surface area (TPSA) is 125 Å². The van der Waals surface area contributed by atoms with Gasteiger partial charge in [-0.25, -0.2) is 4.21 Å². The number of amides is 1. The van der Waals surface area contributed by atoms with Crippen molar-refractivity contribution in [3.8, 4) is 11.3 Å². The normalized spacial score (nSPS) is 18.9. The molecule has 2 unspecified atom stereocenters. The van der Waals surface area contributed by atoms with E-state index in [1.165, 1.54) is 11.8 Å². The monoisotopic (exact) mass is 875 g/mol. The first kappa shape index (κ1) is 40.7. The molecule has 9 rings (SSSR count). The fourth-order valence-electron chi connectivity index (χ4n) is 9.12. The van der Waals surface area contributed by atoms with Gasteiger partial charge in [0.2, 0.25) is 0 Å². The number of nitro groups is 1. The molecule has 61 heavy (non-hydrogen) atoms. The number of nitrogens with zero attached hydrogens (tertiary/aromatic N) is 5. The maximum absolute atomic E-state index is 14.2. The van der Waals surface area contributed by atoms with Gasteiger partial charge in [0.25, 0.3) is 11.6 Å². The number of fused-ring (bicyclic) bond motifs is 2. The highest BCUT2D eigenvalue weighted by molar-refractivity contribution is 7.99. The molecular weight excluding hydrogens is 830 g/mol. The number of benzene rings is 4. The van der Waals surface area contributed by atoms with Crippen molar-refractivity contribution in [1.82, 2.24) is 14.4 Å². The molecule has 2 N–H and O–H groups in total. The van der Waals surface area contributed by atoms with Gasteiger partial charge in [-0.15, -0.1) is 11.8 Å². The molecule has 4 heterocycles. The number of carbonyl (C=O) groups excluding carboxylic acids is 1. The molecule has 4 aliphatic rings. The number of rotatable bonds is 12. The van der Waals surface area contributed by atoms with Gasteiger partial charge in [0.05, 0.1) is 38.7 Å². The standard InChI is InChI=1S/C46H46ClN7O5S2/c1-30-41-42(43(50(30)3)31-9-11-32(47)12-10-31)46(2)29-35(27-40-44(46)53(45(41)55)24-25-59-40)52-22-20-51(21-23-52)34-15-13-33(14-16-34)49-61(58)37-17-18-38(39(28-37)54(56)57)48-19-26-60-36-7-5-4-6-8-36/h4-18,28-29,48-49H,19-27H2,1-3H3. The lowest BCUT2D eigenvalue weighted by Gasteiger charge is -2.49. The molecule has 12 nitrogen and oxygen atoms in total. The van der Waals surface area contributed by atoms with Crippen molar-refractivity contribution in [3.63, 3.8) is 0 Å². The van der Waals surface area contributed by atoms with Crippen LogP contribution in [0.3, 0.4) is 0 Å². The van der Waals surface area contributed by atoms with Gasteiger partial charge in [-0.05, 0) is 86.2 Å². The fraction of sp³-hybridized carbons (Fsp3) is 0.283. The van der Waals surface area contributed by atoms with Gasteiger partial charge in [-0.2, -0.15) is 0 Å². The van der Waals surface area contributed by atoms with Crippen LogP contribution in [0.2, 0.25) is 5.02 Å². The van der Waals surface area contributed by atoms with Crippen LogP contribution in [0, 0.1) is 17.0 Å². The van der Waals surface area contributed by atoms with E-state index in [2.05, 4.69) is 37.4 Å². The third-order valence-electron chi connectivity index (χ3n) is 12.1. The second-order valence-electron chi connectivity index (χ2n) is 15.8. The number of nitro benzene ring substituents is 1. The van der Waals surface area contributed by atoms with Gasteiger partial charge in [-0.3, -0.25) is 14.9 Å². The Balaban J connectivity index is 0.870. The molecule has 4 aromatic carbocycles. The number of aromatic nitrogens is 1. The summed E-state index contributed by atoms with van der Waals surface area (Å²) in [5.74, 6) is 1.64. The predicted molar refractivity (Wildman–Crippen MR) is 244 cm³/mol. The average Bonchev–Trinajstić information content (AvgIpc) is 3.55. The zero-order valence-electron chi connectivity index (χ0n) is 34.2. The summed E-state index contributed by atoms with van der Waals surface area (Å²) in [6, 6.07) is 30.3. The number of carbonyl (C=O) groups is 1. The van der Waals surface area contributed by atoms with Crippen LogP contribution in [0.5, 0.6) is 0 Å². The molecule has 3 aliphatic heterocycles. The van der Waals surface area contributed by atoms with E-state index in [0.29, 0.717) is 47.4 Å². The molecule has 2 atom stereocenters. The lowest BCUT2D eigenvalue weighted by Crippen LogP contribution is -2.52. The Bertz CT molecular complexity index is 2610. The molecular formula is C46H46ClN7O5S2. The Morgan fingerprint density at radius 1 is 0.951 bits per heavy atom. The number of thioether (sulfide) groups is 1. The van der Waals surface area contributed by atoms with Crippen molar-refractivity contribution in [1.29, 1.82) is 0 Å². The largest absolute Gasteiger partial charge is 0.494 e. The maximum atomic E-state index is 14.2. The number of anilines is 3. The van der Waals surface area contributed by atoms with Gasteiger partial charge in [0, 0.05) is 96.3 Å². The fourth-order valence-corrected chi connectivity index (χ4v) is 10.9. The summed E-state index contributed by atoms with van der Waals surface area (Å²) in [7, 11) is 0.321. The highest BCUT2D eigenvalue weighted by Gasteiger charge is 2.52. The quantitative estimate of drug-likeness (QED) is 0.0547. The second kappa shape index (κ2) is 16.6. The van der Waals surface area contributed by atoms with Crippen LogP contribution >= 0.6 is 23.4 Å². The van der Waals surface area contributed by atoms with Gasteiger partial charge in [-0.1, -0.05) is 41.9 Å². The number of halogens is 1. The molecule has 314 valence electrons. The number of piperazine rings is 1. The summed E-state index contributed by atoms with van der Waals surface area (Å²) in [5, 5.41) is 15.8. The highest BCUT2D eigenvalue weighted by atomic mass is 35.5. The van der Waals surface area contributed by atoms with Crippen molar-refractivity contribution >= 4 is 63.0 Å². The highest BCUT2D eigenvalue weighted by Crippen LogP contribution is 2.54. The zero-order valence-corrected chi connectivity index (χ0v) is 36.5. The first-order valence-corrected chi connectivity index (χ1v) is 22.9. The van der Waals surface area contributed by atoms with Crippen LogP contribution < -0.4 is 14.9 Å². The molecule has 0 radical (unpaired) electrons. The molecule has 1 amide bonds. The Labute approximate surface area is 366 Å². The number of hydrogen-bond acceptors (Lipinski definition) is 9. The molecule has 1 saturated heterocycles. The molecule has 15 heteroatoms. The van der Waals surface area contributed by atoms with E-state index in [4.69, 9.17) is 16.3 Å². The van der Waals surface area contributed by atoms with Crippen molar-refractivity contribution < 1.29 is 18.7 Å². The lowest BCUT2D eigenvalue weighted by atomic mass is 9.69. The van der Waals surface area contributed by atoms with Gasteiger partial charge in [0.15, 0.2) is 11.0 Å². The summed E-state index contributed by atoms with van der Waals surface area (Å²) in [6.45, 7) is 8.98. The van der Waals surface area contributed by atoms with Gasteiger partial charge >= 0.3 is 0 Å². The minimum Gasteiger partial charge on any atom is -0.494 e. The summed E-state index contributed by atoms with van der Waals surface area (Å²) < 4.78 is 24.9. The second-order valence-corrected chi connectivity index (χ2v) is 18.6. The van der Waals surface area contributed by atoms with Crippen molar-refractivity contribution in [3.05, 3.63) is 152 Å². The number of allylic oxidation sites excluding steroid dienone is 1. The number of nitrogens with one attached hydrogen (secondary N) is 2. The summed E-state index contributed by atoms with van der Waals surface area (Å²) in [4.78, 5) is 33.9. The molecule has 0 saturated carbocycles. The SMILES string of the molecule is Cc1c2c(c(-c3ccc(Cl)cc3)n1C)C1(C)C=C(N3CCN(c4ccc(NS(=O)c5ccc(NCCSc6ccccc6)c([N+](=O)[O-])c5)cc4)CC3)CC3=C1N(CCO3)C2=O. The smallest absolute Gasteiger partial charge is 0.293 e. The van der Waals surface area contributed by atoms with Crippen molar-refractivity contribution in [2.45, 2.75) is 35.5 Å². The average molecular weight is 877 g/mol. The van der Waals surface area contributed by atoms with Gasteiger partial charge in [0.1, 0.15) is 18.1 Å². The third-order valence-corrected chi connectivity index (χ3v) is 14.5. The van der Waals surface area contributed by atoms with E-state index in [0.717, 1.165) is 82.0 Å². The van der Waals surface area contributed by atoms with E-state index < -0.39 is 21.3 Å². The maximum Gasteiger partial charge on any atom is 0.293 e. The van der Waals surface area contributed by atoms with E-state index in [9.17, 15) is 19.1 Å². The number of hydrogen-bond donors (Lipinski definition) is 2. The number of ether oxygens (including phenoxy) is 1. The molecule has 1 aliphatic carbocycles. The van der Waals surface area contributed by atoms with Crippen LogP contribution in [-0.4, -0.2) is 81.0 Å². The van der Waals surface area contributed by atoms with E-state index in [1.54, 1.807) is 23.9 Å². The van der Waals surface area contributed by atoms with Crippen LogP contribution in [0.15, 0.2) is 130 Å². The van der Waals surface area contributed by atoms with Crippen LogP contribution in [0.25, 0.3) is 11.3 Å². The third kappa shape index (κ3) is 7.65. The van der Waals surface area contributed by atoms with Crippen LogP contribution in [-0.2, 0) is 28.2 Å². The van der Waals surface area contributed by atoms with E-state index in [1.807, 2.05) is 97.7 Å². The first-order valence-electron chi connectivity index (χ1n) is 20.3. The molecule has 0 spiro atoms. The molecule has 5 aromatic rings. The van der Waals surface area contributed by atoms with E-state index >= 15 is 0 Å².